The van der Waals surface area contributed by atoms with Crippen molar-refractivity contribution in [2.24, 2.45) is 0 Å². The van der Waals surface area contributed by atoms with E-state index in [1.165, 1.54) is 141 Å². The van der Waals surface area contributed by atoms with Gasteiger partial charge in [0.25, 0.3) is 0 Å². The Bertz CT molecular complexity index is 2080. The largest absolute Gasteiger partial charge is 0.374 e. The molecule has 76 heavy (non-hydrogen) atoms. The van der Waals surface area contributed by atoms with Crippen molar-refractivity contribution in [1.29, 1.82) is 0 Å². The lowest BCUT2D eigenvalue weighted by atomic mass is 9.97. The van der Waals surface area contributed by atoms with E-state index < -0.39 is 57.0 Å². The van der Waals surface area contributed by atoms with Gasteiger partial charge >= 0.3 is 0 Å². The molecule has 1 aliphatic rings. The lowest BCUT2D eigenvalue weighted by Gasteiger charge is -2.46. The number of hydrogen-bond acceptors (Lipinski definition) is 7. The van der Waals surface area contributed by atoms with Gasteiger partial charge in [0.1, 0.15) is 24.4 Å². The number of unbranched alkanes of at least 4 members (excludes halogenated alkanes) is 27. The average molecular weight is 1050 g/mol. The van der Waals surface area contributed by atoms with Crippen LogP contribution in [0.25, 0.3) is 0 Å². The van der Waals surface area contributed by atoms with Crippen LogP contribution in [0.4, 0.5) is 0 Å². The summed E-state index contributed by atoms with van der Waals surface area (Å²) in [6.45, 7) is -1.13. The molecule has 0 saturated carbocycles. The predicted molar refractivity (Wildman–Crippen MR) is 313 cm³/mol. The molecule has 0 radical (unpaired) electrons. The van der Waals surface area contributed by atoms with Gasteiger partial charge in [-0.3, -0.25) is 4.79 Å². The van der Waals surface area contributed by atoms with Gasteiger partial charge < -0.3 is 33.7 Å². The lowest BCUT2D eigenvalue weighted by molar-refractivity contribution is -0.328. The SMILES string of the molecule is [2H]C(OC[C@H]1OC(OCCCCCCCCCCCCCCCC(=O)NCCCCCCCCCCCCCCCCCC)[C@@H](OC([2H])c2ccccc2)[C@@H](OC([2H])c2ccccc2)[C@@H]1OC([2H])c1ccccc1)c1ccccc1. The zero-order chi connectivity index (χ0) is 56.5. The van der Waals surface area contributed by atoms with E-state index in [0.29, 0.717) is 35.3 Å². The van der Waals surface area contributed by atoms with Crippen LogP contribution in [0.1, 0.15) is 227 Å². The first-order valence-corrected chi connectivity index (χ1v) is 30.3. The van der Waals surface area contributed by atoms with E-state index in [4.69, 9.17) is 29.8 Å². The van der Waals surface area contributed by atoms with E-state index >= 15 is 0 Å². The Morgan fingerprint density at radius 1 is 0.421 bits per heavy atom. The molecule has 1 N–H and O–H groups in total. The van der Waals surface area contributed by atoms with Crippen LogP contribution in [-0.4, -0.2) is 56.4 Å². The van der Waals surface area contributed by atoms with Gasteiger partial charge in [-0.15, -0.1) is 0 Å². The molecule has 1 heterocycles. The Labute approximate surface area is 468 Å². The van der Waals surface area contributed by atoms with Crippen LogP contribution < -0.4 is 5.32 Å². The molecule has 422 valence electrons. The smallest absolute Gasteiger partial charge is 0.219 e. The number of benzene rings is 4. The van der Waals surface area contributed by atoms with Gasteiger partial charge in [0.2, 0.25) is 5.91 Å². The van der Waals surface area contributed by atoms with Gasteiger partial charge in [-0.25, -0.2) is 0 Å². The van der Waals surface area contributed by atoms with Crippen molar-refractivity contribution in [3.05, 3.63) is 144 Å². The van der Waals surface area contributed by atoms with Crippen LogP contribution in [0, 0.1) is 0 Å². The molecule has 5 unspecified atom stereocenters. The first-order chi connectivity index (χ1) is 39.3. The lowest BCUT2D eigenvalue weighted by Crippen LogP contribution is -2.61. The first kappa shape index (κ1) is 56.8. The molecule has 0 spiro atoms. The van der Waals surface area contributed by atoms with Crippen LogP contribution in [0.3, 0.4) is 0 Å². The molecule has 1 amide bonds. The van der Waals surface area contributed by atoms with E-state index in [2.05, 4.69) is 12.2 Å². The Kier molecular flexibility index (Phi) is 32.2. The number of carbonyl (C=O) groups is 1. The van der Waals surface area contributed by atoms with Gasteiger partial charge in [-0.05, 0) is 41.5 Å². The molecule has 0 aromatic heterocycles. The second-order valence-corrected chi connectivity index (χ2v) is 21.2. The van der Waals surface area contributed by atoms with Gasteiger partial charge in [0.05, 0.1) is 38.4 Å². The summed E-state index contributed by atoms with van der Waals surface area (Å²) in [6.07, 6.45) is 32.2. The van der Waals surface area contributed by atoms with E-state index in [1.807, 2.05) is 121 Å². The molecule has 1 aliphatic heterocycles. The number of rotatable bonds is 47. The van der Waals surface area contributed by atoms with Crippen molar-refractivity contribution in [3.63, 3.8) is 0 Å². The van der Waals surface area contributed by atoms with Gasteiger partial charge in [0, 0.05) is 19.6 Å². The maximum Gasteiger partial charge on any atom is 0.219 e. The number of nitrogens with one attached hydrogen (secondary N) is 1. The third-order valence-corrected chi connectivity index (χ3v) is 14.5. The number of hydrogen-bond donors (Lipinski definition) is 1. The highest BCUT2D eigenvalue weighted by Gasteiger charge is 2.49. The summed E-state index contributed by atoms with van der Waals surface area (Å²) in [5.74, 6) is 0.223. The molecule has 1 fully saturated rings. The Morgan fingerprint density at radius 3 is 1.21 bits per heavy atom. The van der Waals surface area contributed by atoms with Crippen LogP contribution in [-0.2, 0) is 59.5 Å². The van der Waals surface area contributed by atoms with E-state index in [-0.39, 0.29) is 12.5 Å². The highest BCUT2D eigenvalue weighted by Crippen LogP contribution is 2.32. The Morgan fingerprint density at radius 2 is 0.776 bits per heavy atom. The predicted octanol–water partition coefficient (Wildman–Crippen LogP) is 17.5. The van der Waals surface area contributed by atoms with Crippen LogP contribution in [0.15, 0.2) is 121 Å². The normalized spacial score (nSPS) is 19.9. The van der Waals surface area contributed by atoms with E-state index in [0.717, 1.165) is 51.5 Å². The fourth-order valence-electron chi connectivity index (χ4n) is 9.97. The van der Waals surface area contributed by atoms with Crippen molar-refractivity contribution in [2.75, 3.05) is 19.8 Å². The molecule has 1 saturated heterocycles. The quantitative estimate of drug-likeness (QED) is 0.0441. The summed E-state index contributed by atoms with van der Waals surface area (Å²) in [5, 5.41) is 3.15. The molecule has 4 aromatic rings. The number of ether oxygens (including phenoxy) is 6. The molecule has 0 bridgehead atoms. The van der Waals surface area contributed by atoms with Crippen LogP contribution in [0.5, 0.6) is 0 Å². The van der Waals surface area contributed by atoms with Gasteiger partial charge in [-0.2, -0.15) is 0 Å². The summed E-state index contributed by atoms with van der Waals surface area (Å²) in [4.78, 5) is 12.4. The van der Waals surface area contributed by atoms with Crippen LogP contribution >= 0.6 is 0 Å². The van der Waals surface area contributed by atoms with Crippen molar-refractivity contribution < 1.29 is 38.7 Å². The van der Waals surface area contributed by atoms with Gasteiger partial charge in [-0.1, -0.05) is 295 Å². The summed E-state index contributed by atoms with van der Waals surface area (Å²) in [5.41, 5.74) is 2.54. The molecule has 0 aliphatic carbocycles. The van der Waals surface area contributed by atoms with E-state index in [1.54, 1.807) is 0 Å². The number of amides is 1. The second kappa shape index (κ2) is 43.0. The molecule has 8 heteroatoms. The Hall–Kier alpha value is -3.89. The van der Waals surface area contributed by atoms with Crippen molar-refractivity contribution in [2.45, 2.75) is 257 Å². The first-order valence-electron chi connectivity index (χ1n) is 32.7. The maximum atomic E-state index is 12.4. The monoisotopic (exact) mass is 1050 g/mol. The van der Waals surface area contributed by atoms with Crippen molar-refractivity contribution in [1.82, 2.24) is 5.32 Å². The van der Waals surface area contributed by atoms with Gasteiger partial charge in [0.15, 0.2) is 6.29 Å². The molecule has 4 aromatic carbocycles. The van der Waals surface area contributed by atoms with Crippen molar-refractivity contribution in [3.8, 4) is 0 Å². The van der Waals surface area contributed by atoms with Crippen LogP contribution in [0.2, 0.25) is 0 Å². The third-order valence-electron chi connectivity index (χ3n) is 14.5. The summed E-state index contributed by atoms with van der Waals surface area (Å²) in [6, 6.07) is 37.0. The summed E-state index contributed by atoms with van der Waals surface area (Å²) in [7, 11) is 0. The fourth-order valence-corrected chi connectivity index (χ4v) is 9.97. The molecular weight excluding hydrogens is 943 g/mol. The highest BCUT2D eigenvalue weighted by atomic mass is 16.7. The topological polar surface area (TPSA) is 84.5 Å². The fraction of sp³-hybridized carbons (Fsp3) is 0.632. The summed E-state index contributed by atoms with van der Waals surface area (Å²) >= 11 is 0. The molecule has 8 nitrogen and oxygen atoms in total. The number of carbonyl (C=O) groups excluding carboxylic acids is 1. The minimum absolute atomic E-state index is 0.0988. The zero-order valence-corrected chi connectivity index (χ0v) is 46.9. The second-order valence-electron chi connectivity index (χ2n) is 21.2. The summed E-state index contributed by atoms with van der Waals surface area (Å²) < 4.78 is 75.9. The third kappa shape index (κ3) is 29.2. The Balaban J connectivity index is 0.987. The van der Waals surface area contributed by atoms with Crippen molar-refractivity contribution >= 4 is 5.91 Å². The molecule has 5 rings (SSSR count). The molecular formula is C68H103NO7. The minimum atomic E-state index is -1.17. The molecule has 9 atom stereocenters. The average Bonchev–Trinajstić information content (AvgIpc) is 3.54. The standard InChI is InChI=1S/C68H103NO7/c1-2-3-4-5-6-7-8-9-10-11-14-17-20-23-26-41-52-69-64(70)51-40-25-22-19-16-13-12-15-18-21-24-27-42-53-72-68-67(75-57-62-49-38-31-39-50-62)66(74-56-61-47-36-30-37-48-61)65(73-55-60-45-34-29-35-46-60)63(76-68)58-71-54-59-43-32-28-33-44-59/h28-39,43-50,63,65-68H,2-27,40-42,51-58H2,1H3,(H,69,70)/t63-,65-,66+,67+,68?/m1/s1/i54D,55D,56D,57D/t54?,55?,56?,57?,63-,65-,66+,67+,68?. The maximum absolute atomic E-state index is 12.4. The zero-order valence-electron chi connectivity index (χ0n) is 50.9. The van der Waals surface area contributed by atoms with E-state index in [9.17, 15) is 8.91 Å². The highest BCUT2D eigenvalue weighted by molar-refractivity contribution is 5.75. The minimum Gasteiger partial charge on any atom is -0.374 e.